The molecule has 148 valence electrons. The fourth-order valence-electron chi connectivity index (χ4n) is 2.63. The van der Waals surface area contributed by atoms with E-state index in [4.69, 9.17) is 9.15 Å². The van der Waals surface area contributed by atoms with E-state index in [1.54, 1.807) is 18.4 Å². The number of methoxy groups -OCH3 is 1. The normalized spacial score (nSPS) is 10.8. The van der Waals surface area contributed by atoms with E-state index < -0.39 is 0 Å². The number of carbonyl (C=O) groups excluding carboxylic acids is 1. The standard InChI is InChI=1S/C20H24N4O3S/c1-13-14(2)28-20(22-13)12-21-17(25)9-11-19-24-23-18(27-19)10-6-15-4-7-16(26-3)8-5-15/h4-5,7-8H,6,9-12H2,1-3H3,(H,21,25). The quantitative estimate of drug-likeness (QED) is 0.593. The summed E-state index contributed by atoms with van der Waals surface area (Å²) in [4.78, 5) is 17.6. The van der Waals surface area contributed by atoms with Gasteiger partial charge in [0.2, 0.25) is 17.7 Å². The first kappa shape index (κ1) is 20.0. The summed E-state index contributed by atoms with van der Waals surface area (Å²) in [6, 6.07) is 7.90. The van der Waals surface area contributed by atoms with E-state index >= 15 is 0 Å². The molecule has 2 aromatic heterocycles. The number of nitrogens with one attached hydrogen (secondary N) is 1. The van der Waals surface area contributed by atoms with Crippen LogP contribution in [-0.2, 0) is 30.6 Å². The Morgan fingerprint density at radius 1 is 1.11 bits per heavy atom. The molecule has 2 heterocycles. The van der Waals surface area contributed by atoms with Crippen LogP contribution in [0.4, 0.5) is 0 Å². The number of aryl methyl sites for hydroxylation is 5. The number of carbonyl (C=O) groups is 1. The summed E-state index contributed by atoms with van der Waals surface area (Å²) in [5.41, 5.74) is 2.19. The van der Waals surface area contributed by atoms with Gasteiger partial charge in [-0.25, -0.2) is 4.98 Å². The number of nitrogens with zero attached hydrogens (tertiary/aromatic N) is 3. The minimum Gasteiger partial charge on any atom is -0.497 e. The molecule has 0 saturated carbocycles. The maximum absolute atomic E-state index is 12.0. The summed E-state index contributed by atoms with van der Waals surface area (Å²) in [5.74, 6) is 1.85. The van der Waals surface area contributed by atoms with Crippen molar-refractivity contribution in [2.45, 2.75) is 46.1 Å². The second-order valence-corrected chi connectivity index (χ2v) is 7.75. The minimum atomic E-state index is -0.0523. The van der Waals surface area contributed by atoms with Crippen LogP contribution in [0.3, 0.4) is 0 Å². The first-order chi connectivity index (χ1) is 13.5. The van der Waals surface area contributed by atoms with Gasteiger partial charge in [0.1, 0.15) is 10.8 Å². The van der Waals surface area contributed by atoms with Crippen molar-refractivity contribution in [3.8, 4) is 5.75 Å². The molecule has 1 N–H and O–H groups in total. The first-order valence-electron chi connectivity index (χ1n) is 9.17. The molecule has 1 amide bonds. The molecule has 0 aliphatic rings. The van der Waals surface area contributed by atoms with Crippen LogP contribution in [0.5, 0.6) is 5.75 Å². The number of rotatable bonds is 9. The van der Waals surface area contributed by atoms with Gasteiger partial charge in [0, 0.05) is 24.1 Å². The molecule has 0 atom stereocenters. The van der Waals surface area contributed by atoms with Crippen molar-refractivity contribution in [2.75, 3.05) is 7.11 Å². The molecule has 0 fully saturated rings. The molecular weight excluding hydrogens is 376 g/mol. The SMILES string of the molecule is COc1ccc(CCc2nnc(CCC(=O)NCc3nc(C)c(C)s3)o2)cc1. The lowest BCUT2D eigenvalue weighted by Gasteiger charge is -2.02. The lowest BCUT2D eigenvalue weighted by molar-refractivity contribution is -0.121. The third-order valence-corrected chi connectivity index (χ3v) is 5.44. The molecule has 3 aromatic rings. The largest absolute Gasteiger partial charge is 0.497 e. The summed E-state index contributed by atoms with van der Waals surface area (Å²) in [6.07, 6.45) is 2.20. The van der Waals surface area contributed by atoms with Crippen molar-refractivity contribution in [2.24, 2.45) is 0 Å². The van der Waals surface area contributed by atoms with Gasteiger partial charge in [-0.1, -0.05) is 12.1 Å². The number of amides is 1. The third-order valence-electron chi connectivity index (χ3n) is 4.37. The second-order valence-electron chi connectivity index (χ2n) is 6.46. The van der Waals surface area contributed by atoms with Gasteiger partial charge < -0.3 is 14.5 Å². The van der Waals surface area contributed by atoms with Gasteiger partial charge in [-0.3, -0.25) is 4.79 Å². The Morgan fingerprint density at radius 2 is 1.82 bits per heavy atom. The smallest absolute Gasteiger partial charge is 0.220 e. The van der Waals surface area contributed by atoms with Gasteiger partial charge in [0.15, 0.2) is 0 Å². The highest BCUT2D eigenvalue weighted by molar-refractivity contribution is 7.11. The summed E-state index contributed by atoms with van der Waals surface area (Å²) in [6.45, 7) is 4.45. The highest BCUT2D eigenvalue weighted by Gasteiger charge is 2.10. The Hall–Kier alpha value is -2.74. The number of ether oxygens (including phenoxy) is 1. The summed E-state index contributed by atoms with van der Waals surface area (Å²) >= 11 is 1.61. The Bertz CT molecular complexity index is 898. The Kier molecular flexibility index (Phi) is 6.76. The van der Waals surface area contributed by atoms with E-state index in [2.05, 4.69) is 20.5 Å². The summed E-state index contributed by atoms with van der Waals surface area (Å²) in [5, 5.41) is 11.9. The van der Waals surface area contributed by atoms with Crippen molar-refractivity contribution < 1.29 is 13.9 Å². The van der Waals surface area contributed by atoms with Gasteiger partial charge >= 0.3 is 0 Å². The molecule has 0 spiro atoms. The number of benzene rings is 1. The van der Waals surface area contributed by atoms with E-state index in [0.29, 0.717) is 37.6 Å². The molecule has 3 rings (SSSR count). The molecule has 7 nitrogen and oxygen atoms in total. The fraction of sp³-hybridized carbons (Fsp3) is 0.400. The lowest BCUT2D eigenvalue weighted by Crippen LogP contribution is -2.23. The number of aromatic nitrogens is 3. The van der Waals surface area contributed by atoms with Crippen LogP contribution in [0, 0.1) is 13.8 Å². The summed E-state index contributed by atoms with van der Waals surface area (Å²) < 4.78 is 10.8. The molecule has 0 aliphatic carbocycles. The molecule has 0 radical (unpaired) electrons. The molecule has 1 aromatic carbocycles. The van der Waals surface area contributed by atoms with Gasteiger partial charge in [-0.2, -0.15) is 0 Å². The van der Waals surface area contributed by atoms with Crippen LogP contribution in [-0.4, -0.2) is 28.2 Å². The van der Waals surface area contributed by atoms with Crippen molar-refractivity contribution in [3.05, 3.63) is 57.2 Å². The molecule has 28 heavy (non-hydrogen) atoms. The van der Waals surface area contributed by atoms with E-state index in [-0.39, 0.29) is 5.91 Å². The average molecular weight is 401 g/mol. The van der Waals surface area contributed by atoms with Crippen molar-refractivity contribution in [1.29, 1.82) is 0 Å². The topological polar surface area (TPSA) is 90.1 Å². The zero-order valence-corrected chi connectivity index (χ0v) is 17.1. The highest BCUT2D eigenvalue weighted by Crippen LogP contribution is 2.16. The van der Waals surface area contributed by atoms with Gasteiger partial charge in [-0.15, -0.1) is 21.5 Å². The third kappa shape index (κ3) is 5.63. The fourth-order valence-corrected chi connectivity index (χ4v) is 3.51. The molecule has 0 bridgehead atoms. The predicted molar refractivity (Wildman–Crippen MR) is 106 cm³/mol. The summed E-state index contributed by atoms with van der Waals surface area (Å²) in [7, 11) is 1.65. The van der Waals surface area contributed by atoms with Crippen molar-refractivity contribution in [3.63, 3.8) is 0 Å². The van der Waals surface area contributed by atoms with Gasteiger partial charge in [0.05, 0.1) is 19.3 Å². The van der Waals surface area contributed by atoms with Crippen LogP contribution < -0.4 is 10.1 Å². The van der Waals surface area contributed by atoms with Crippen molar-refractivity contribution in [1.82, 2.24) is 20.5 Å². The van der Waals surface area contributed by atoms with Crippen LogP contribution in [0.2, 0.25) is 0 Å². The molecule has 0 saturated heterocycles. The number of hydrogen-bond acceptors (Lipinski definition) is 7. The van der Waals surface area contributed by atoms with E-state index in [1.165, 1.54) is 10.4 Å². The van der Waals surface area contributed by atoms with E-state index in [1.807, 2.05) is 38.1 Å². The first-order valence-corrected chi connectivity index (χ1v) is 9.99. The Balaban J connectivity index is 1.40. The maximum Gasteiger partial charge on any atom is 0.220 e. The maximum atomic E-state index is 12.0. The Labute approximate surface area is 168 Å². The lowest BCUT2D eigenvalue weighted by atomic mass is 10.1. The zero-order valence-electron chi connectivity index (χ0n) is 16.3. The van der Waals surface area contributed by atoms with Crippen LogP contribution in [0.25, 0.3) is 0 Å². The van der Waals surface area contributed by atoms with E-state index in [0.717, 1.165) is 22.9 Å². The van der Waals surface area contributed by atoms with Crippen LogP contribution in [0.1, 0.15) is 39.3 Å². The van der Waals surface area contributed by atoms with Gasteiger partial charge in [0.25, 0.3) is 0 Å². The number of thiazole rings is 1. The molecule has 8 heteroatoms. The average Bonchev–Trinajstić information content (AvgIpc) is 3.29. The number of hydrogen-bond donors (Lipinski definition) is 1. The highest BCUT2D eigenvalue weighted by atomic mass is 32.1. The molecular formula is C20H24N4O3S. The zero-order chi connectivity index (χ0) is 19.9. The van der Waals surface area contributed by atoms with Crippen LogP contribution >= 0.6 is 11.3 Å². The molecule has 0 aliphatic heterocycles. The van der Waals surface area contributed by atoms with Crippen LogP contribution in [0.15, 0.2) is 28.7 Å². The predicted octanol–water partition coefficient (Wildman–Crippen LogP) is 3.19. The monoisotopic (exact) mass is 400 g/mol. The minimum absolute atomic E-state index is 0.0523. The van der Waals surface area contributed by atoms with E-state index in [9.17, 15) is 4.79 Å². The second kappa shape index (κ2) is 9.45. The molecule has 0 unspecified atom stereocenters. The van der Waals surface area contributed by atoms with Crippen molar-refractivity contribution >= 4 is 17.2 Å². The Morgan fingerprint density at radius 3 is 2.46 bits per heavy atom. The van der Waals surface area contributed by atoms with Gasteiger partial charge in [-0.05, 0) is 38.0 Å².